The minimum Gasteiger partial charge on any atom is -0.370 e. The number of Topliss-reactive ketones (excluding diaryl/α,β-unsaturated/α-hetero) is 1. The summed E-state index contributed by atoms with van der Waals surface area (Å²) in [6.45, 7) is 0.962. The number of carbonyl (C=O) groups excluding carboxylic acids is 4. The first-order valence-electron chi connectivity index (χ1n) is 12.3. The van der Waals surface area contributed by atoms with Crippen LogP contribution in [0.2, 0.25) is 0 Å². The number of halogens is 1. The molecular formula is C26H33FN6O4. The molecule has 2 aromatic rings. The maximum absolute atomic E-state index is 13.2. The molecule has 0 saturated carbocycles. The summed E-state index contributed by atoms with van der Waals surface area (Å²) < 4.78 is 13.1. The lowest BCUT2D eigenvalue weighted by Crippen LogP contribution is -2.54. The lowest BCUT2D eigenvalue weighted by Gasteiger charge is -2.28. The van der Waals surface area contributed by atoms with Crippen LogP contribution in [0.5, 0.6) is 0 Å². The fraction of sp³-hybridized carbons (Fsp3) is 0.423. The van der Waals surface area contributed by atoms with Gasteiger partial charge in [-0.25, -0.2) is 4.39 Å². The van der Waals surface area contributed by atoms with Crippen molar-refractivity contribution in [3.63, 3.8) is 0 Å². The van der Waals surface area contributed by atoms with E-state index in [0.29, 0.717) is 37.9 Å². The van der Waals surface area contributed by atoms with E-state index in [1.54, 1.807) is 19.1 Å². The van der Waals surface area contributed by atoms with Gasteiger partial charge in [-0.15, -0.1) is 0 Å². The molecule has 198 valence electrons. The standard InChI is InChI=1S/C26H33FN6O4/c1-16(31-23(35)19-11-10-17-6-2-3-7-18(17)14-19)25(37)33-13-5-9-21(33)24(36)32-20(22(34)15-27)8-4-12-30-26(28)29/h2-3,6-7,10-11,14,16,20-21H,4-5,8-9,12-13,15H2,1H3,(H,31,35)(H,32,36)(H4,28,29,30)/t16-,20-,21-/m0/s1. The molecule has 3 rings (SSSR count). The van der Waals surface area contributed by atoms with Crippen molar-refractivity contribution in [2.45, 2.75) is 50.7 Å². The van der Waals surface area contributed by atoms with Crippen molar-refractivity contribution in [1.82, 2.24) is 20.9 Å². The van der Waals surface area contributed by atoms with Crippen LogP contribution in [0.1, 0.15) is 43.0 Å². The first-order valence-corrected chi connectivity index (χ1v) is 12.3. The topological polar surface area (TPSA) is 157 Å². The summed E-state index contributed by atoms with van der Waals surface area (Å²) in [5.41, 5.74) is 5.64. The lowest BCUT2D eigenvalue weighted by atomic mass is 10.1. The van der Waals surface area contributed by atoms with Gasteiger partial charge in [0, 0.05) is 18.7 Å². The van der Waals surface area contributed by atoms with Crippen LogP contribution >= 0.6 is 0 Å². The molecule has 1 fully saturated rings. The van der Waals surface area contributed by atoms with E-state index in [1.165, 1.54) is 4.90 Å². The van der Waals surface area contributed by atoms with E-state index in [2.05, 4.69) is 16.0 Å². The van der Waals surface area contributed by atoms with Crippen molar-refractivity contribution in [2.24, 2.45) is 5.73 Å². The molecule has 37 heavy (non-hydrogen) atoms. The number of nitrogens with one attached hydrogen (secondary N) is 4. The molecule has 3 amide bonds. The molecule has 3 atom stereocenters. The van der Waals surface area contributed by atoms with E-state index in [9.17, 15) is 23.6 Å². The predicted molar refractivity (Wildman–Crippen MR) is 138 cm³/mol. The van der Waals surface area contributed by atoms with Gasteiger partial charge >= 0.3 is 0 Å². The zero-order valence-corrected chi connectivity index (χ0v) is 20.8. The summed E-state index contributed by atoms with van der Waals surface area (Å²) in [4.78, 5) is 52.4. The highest BCUT2D eigenvalue weighted by Crippen LogP contribution is 2.20. The summed E-state index contributed by atoms with van der Waals surface area (Å²) in [7, 11) is 0. The number of ketones is 1. The number of benzene rings is 2. The fourth-order valence-electron chi connectivity index (χ4n) is 4.43. The van der Waals surface area contributed by atoms with Crippen LogP contribution in [0.4, 0.5) is 4.39 Å². The number of hydrogen-bond donors (Lipinski definition) is 5. The van der Waals surface area contributed by atoms with E-state index in [1.807, 2.05) is 30.3 Å². The molecule has 10 nitrogen and oxygen atoms in total. The summed E-state index contributed by atoms with van der Waals surface area (Å²) in [5.74, 6) is -2.34. The van der Waals surface area contributed by atoms with Crippen LogP contribution in [0.25, 0.3) is 10.8 Å². The zero-order valence-electron chi connectivity index (χ0n) is 20.8. The van der Waals surface area contributed by atoms with Gasteiger partial charge in [0.25, 0.3) is 5.91 Å². The van der Waals surface area contributed by atoms with E-state index in [4.69, 9.17) is 11.1 Å². The Morgan fingerprint density at radius 1 is 1.14 bits per heavy atom. The zero-order chi connectivity index (χ0) is 26.9. The minimum atomic E-state index is -1.23. The van der Waals surface area contributed by atoms with Crippen LogP contribution < -0.4 is 21.7 Å². The third kappa shape index (κ3) is 7.25. The molecule has 0 radical (unpaired) electrons. The van der Waals surface area contributed by atoms with Crippen molar-refractivity contribution in [3.05, 3.63) is 48.0 Å². The molecule has 2 aromatic carbocycles. The van der Waals surface area contributed by atoms with Gasteiger partial charge in [0.1, 0.15) is 18.8 Å². The van der Waals surface area contributed by atoms with E-state index < -0.39 is 48.3 Å². The molecule has 1 aliphatic rings. The van der Waals surface area contributed by atoms with Crippen molar-refractivity contribution in [1.29, 1.82) is 5.41 Å². The number of amides is 3. The van der Waals surface area contributed by atoms with Gasteiger partial charge in [0.15, 0.2) is 11.7 Å². The second-order valence-corrected chi connectivity index (χ2v) is 9.09. The second kappa shape index (κ2) is 12.8. The Labute approximate surface area is 214 Å². The Bertz CT molecular complexity index is 1170. The molecule has 0 spiro atoms. The van der Waals surface area contributed by atoms with Crippen LogP contribution in [-0.2, 0) is 14.4 Å². The van der Waals surface area contributed by atoms with Crippen LogP contribution in [0, 0.1) is 5.41 Å². The molecule has 11 heteroatoms. The van der Waals surface area contributed by atoms with Gasteiger partial charge in [0.2, 0.25) is 11.8 Å². The lowest BCUT2D eigenvalue weighted by molar-refractivity contribution is -0.140. The van der Waals surface area contributed by atoms with Gasteiger partial charge in [-0.2, -0.15) is 0 Å². The van der Waals surface area contributed by atoms with Crippen molar-refractivity contribution in [2.75, 3.05) is 19.8 Å². The number of guanidine groups is 1. The third-order valence-electron chi connectivity index (χ3n) is 6.39. The normalized spacial score (nSPS) is 16.6. The number of carbonyl (C=O) groups is 4. The number of hydrogen-bond acceptors (Lipinski definition) is 5. The molecule has 1 saturated heterocycles. The monoisotopic (exact) mass is 512 g/mol. The number of likely N-dealkylation sites (tertiary alicyclic amines) is 1. The number of nitrogens with two attached hydrogens (primary N) is 1. The maximum Gasteiger partial charge on any atom is 0.251 e. The van der Waals surface area contributed by atoms with Gasteiger partial charge in [0.05, 0.1) is 6.04 Å². The first kappa shape index (κ1) is 27.6. The van der Waals surface area contributed by atoms with E-state index in [0.717, 1.165) is 10.8 Å². The first-order chi connectivity index (χ1) is 17.7. The molecule has 1 heterocycles. The minimum absolute atomic E-state index is 0.160. The number of fused-ring (bicyclic) bond motifs is 1. The number of rotatable bonds is 11. The highest BCUT2D eigenvalue weighted by Gasteiger charge is 2.37. The largest absolute Gasteiger partial charge is 0.370 e. The molecular weight excluding hydrogens is 479 g/mol. The van der Waals surface area contributed by atoms with Crippen molar-refractivity contribution in [3.8, 4) is 0 Å². The SMILES string of the molecule is C[C@H](NC(=O)c1ccc2ccccc2c1)C(=O)N1CCC[C@H]1C(=O)N[C@@H](CCCNC(=N)N)C(=O)CF. The van der Waals surface area contributed by atoms with Gasteiger partial charge in [-0.05, 0) is 55.5 Å². The molecule has 1 aliphatic heterocycles. The fourth-order valence-corrected chi connectivity index (χ4v) is 4.43. The van der Waals surface area contributed by atoms with E-state index in [-0.39, 0.29) is 12.4 Å². The van der Waals surface area contributed by atoms with Crippen molar-refractivity contribution >= 4 is 40.2 Å². The molecule has 0 bridgehead atoms. The molecule has 0 aromatic heterocycles. The van der Waals surface area contributed by atoms with Gasteiger partial charge in [-0.1, -0.05) is 30.3 Å². The highest BCUT2D eigenvalue weighted by atomic mass is 19.1. The number of nitrogens with zero attached hydrogens (tertiary/aromatic N) is 1. The summed E-state index contributed by atoms with van der Waals surface area (Å²) in [5, 5.41) is 16.9. The van der Waals surface area contributed by atoms with Crippen LogP contribution in [0.15, 0.2) is 42.5 Å². The van der Waals surface area contributed by atoms with Gasteiger partial charge in [-0.3, -0.25) is 24.6 Å². The van der Waals surface area contributed by atoms with Crippen LogP contribution in [0.3, 0.4) is 0 Å². The summed E-state index contributed by atoms with van der Waals surface area (Å²) in [6, 6.07) is 10.2. The Morgan fingerprint density at radius 3 is 2.57 bits per heavy atom. The average molecular weight is 513 g/mol. The Balaban J connectivity index is 1.60. The molecule has 0 unspecified atom stereocenters. The van der Waals surface area contributed by atoms with Gasteiger partial charge < -0.3 is 26.6 Å². The van der Waals surface area contributed by atoms with Crippen molar-refractivity contribution < 1.29 is 23.6 Å². The highest BCUT2D eigenvalue weighted by molar-refractivity contribution is 6.01. The maximum atomic E-state index is 13.2. The molecule has 6 N–H and O–H groups in total. The third-order valence-corrected chi connectivity index (χ3v) is 6.39. The molecule has 0 aliphatic carbocycles. The smallest absolute Gasteiger partial charge is 0.251 e. The Kier molecular flexibility index (Phi) is 9.53. The van der Waals surface area contributed by atoms with Crippen LogP contribution in [-0.4, -0.2) is 72.3 Å². The number of alkyl halides is 1. The van der Waals surface area contributed by atoms with E-state index >= 15 is 0 Å². The second-order valence-electron chi connectivity index (χ2n) is 9.09. The Hall–Kier alpha value is -4.02. The Morgan fingerprint density at radius 2 is 1.86 bits per heavy atom. The average Bonchev–Trinajstić information content (AvgIpc) is 3.39. The quantitative estimate of drug-likeness (QED) is 0.173. The summed E-state index contributed by atoms with van der Waals surface area (Å²) >= 11 is 0. The summed E-state index contributed by atoms with van der Waals surface area (Å²) in [6.07, 6.45) is 1.51. The predicted octanol–water partition coefficient (Wildman–Crippen LogP) is 1.24.